The smallest absolute Gasteiger partial charge is 0.334 e. The summed E-state index contributed by atoms with van der Waals surface area (Å²) in [5.74, 6) is -1.63. The number of esters is 1. The zero-order valence-corrected chi connectivity index (χ0v) is 19.5. The maximum atomic E-state index is 13.5. The van der Waals surface area contributed by atoms with Crippen molar-refractivity contribution in [3.63, 3.8) is 0 Å². The van der Waals surface area contributed by atoms with E-state index < -0.39 is 29.9 Å². The van der Waals surface area contributed by atoms with Crippen LogP contribution in [0.5, 0.6) is 0 Å². The average molecular weight is 479 g/mol. The summed E-state index contributed by atoms with van der Waals surface area (Å²) in [6.45, 7) is 0.285. The van der Waals surface area contributed by atoms with Crippen molar-refractivity contribution < 1.29 is 19.1 Å². The van der Waals surface area contributed by atoms with Crippen LogP contribution in [0.4, 0.5) is 0 Å². The third kappa shape index (κ3) is 6.45. The van der Waals surface area contributed by atoms with Crippen molar-refractivity contribution >= 4 is 17.8 Å². The summed E-state index contributed by atoms with van der Waals surface area (Å²) in [7, 11) is 0. The molecule has 0 aliphatic rings. The topological polar surface area (TPSA) is 84.5 Å². The fraction of sp³-hybridized carbons (Fsp3) is 0.100. The number of ether oxygens (including phenoxy) is 1. The Morgan fingerprint density at radius 3 is 1.72 bits per heavy atom. The number of carbonyl (C=O) groups is 3. The van der Waals surface area contributed by atoms with Gasteiger partial charge >= 0.3 is 5.97 Å². The average Bonchev–Trinajstić information content (AvgIpc) is 2.95. The number of amides is 2. The van der Waals surface area contributed by atoms with E-state index in [0.29, 0.717) is 16.7 Å². The Kier molecular flexibility index (Phi) is 8.22. The minimum absolute atomic E-state index is 0.285. The lowest BCUT2D eigenvalue weighted by atomic mass is 10.1. The van der Waals surface area contributed by atoms with Crippen LogP contribution in [0.2, 0.25) is 0 Å². The predicted molar refractivity (Wildman–Crippen MR) is 137 cm³/mol. The molecular weight excluding hydrogens is 452 g/mol. The van der Waals surface area contributed by atoms with E-state index in [2.05, 4.69) is 10.6 Å². The van der Waals surface area contributed by atoms with Crippen LogP contribution >= 0.6 is 0 Å². The van der Waals surface area contributed by atoms with Gasteiger partial charge in [-0.3, -0.25) is 9.59 Å². The molecule has 0 spiro atoms. The van der Waals surface area contributed by atoms with Crippen molar-refractivity contribution in [2.45, 2.75) is 18.7 Å². The first kappa shape index (κ1) is 24.4. The molecule has 6 heteroatoms. The Balaban J connectivity index is 1.56. The molecule has 2 N–H and O–H groups in total. The maximum Gasteiger partial charge on any atom is 0.334 e. The lowest BCUT2D eigenvalue weighted by Crippen LogP contribution is -2.38. The lowest BCUT2D eigenvalue weighted by molar-refractivity contribution is -0.158. The van der Waals surface area contributed by atoms with Gasteiger partial charge in [0.25, 0.3) is 11.8 Å². The lowest BCUT2D eigenvalue weighted by Gasteiger charge is -2.23. The van der Waals surface area contributed by atoms with Gasteiger partial charge in [0.15, 0.2) is 6.04 Å². The number of nitrogens with one attached hydrogen (secondary N) is 2. The van der Waals surface area contributed by atoms with Crippen molar-refractivity contribution in [2.24, 2.45) is 0 Å². The highest BCUT2D eigenvalue weighted by atomic mass is 16.5. The molecule has 0 saturated heterocycles. The molecular formula is C30H26N2O4. The van der Waals surface area contributed by atoms with Gasteiger partial charge < -0.3 is 15.4 Å². The first-order valence-electron chi connectivity index (χ1n) is 11.6. The number of benzene rings is 4. The van der Waals surface area contributed by atoms with E-state index >= 15 is 0 Å². The van der Waals surface area contributed by atoms with Gasteiger partial charge in [0.1, 0.15) is 0 Å². The monoisotopic (exact) mass is 478 g/mol. The Bertz CT molecular complexity index is 1280. The van der Waals surface area contributed by atoms with Crippen molar-refractivity contribution in [1.82, 2.24) is 10.6 Å². The fourth-order valence-corrected chi connectivity index (χ4v) is 3.69. The van der Waals surface area contributed by atoms with Gasteiger partial charge in [-0.15, -0.1) is 0 Å². The van der Waals surface area contributed by atoms with E-state index in [1.165, 1.54) is 0 Å². The highest BCUT2D eigenvalue weighted by Gasteiger charge is 2.31. The molecule has 4 aromatic rings. The molecule has 0 unspecified atom stereocenters. The van der Waals surface area contributed by atoms with Crippen LogP contribution in [-0.2, 0) is 20.9 Å². The highest BCUT2D eigenvalue weighted by Crippen LogP contribution is 2.23. The van der Waals surface area contributed by atoms with E-state index in [9.17, 15) is 14.4 Å². The second-order valence-corrected chi connectivity index (χ2v) is 8.11. The summed E-state index contributed by atoms with van der Waals surface area (Å²) in [5, 5.41) is 5.60. The summed E-state index contributed by atoms with van der Waals surface area (Å²) >= 11 is 0. The van der Waals surface area contributed by atoms with E-state index in [0.717, 1.165) is 5.56 Å². The molecule has 4 rings (SSSR count). The molecule has 0 bridgehead atoms. The number of rotatable bonds is 9. The van der Waals surface area contributed by atoms with Crippen molar-refractivity contribution in [1.29, 1.82) is 0 Å². The minimum atomic E-state index is -1.19. The van der Waals surface area contributed by atoms with Crippen molar-refractivity contribution in [3.8, 4) is 0 Å². The Morgan fingerprint density at radius 2 is 1.14 bits per heavy atom. The molecule has 0 aliphatic heterocycles. The van der Waals surface area contributed by atoms with Crippen LogP contribution < -0.4 is 10.6 Å². The normalized spacial score (nSPS) is 12.1. The van der Waals surface area contributed by atoms with E-state index in [4.69, 9.17) is 4.74 Å². The molecule has 2 atom stereocenters. The fourth-order valence-electron chi connectivity index (χ4n) is 3.69. The van der Waals surface area contributed by atoms with Gasteiger partial charge in [0.2, 0.25) is 6.10 Å². The van der Waals surface area contributed by atoms with Gasteiger partial charge in [0, 0.05) is 17.7 Å². The standard InChI is InChI=1S/C30H26N2O4/c33-28(25-19-11-4-12-20-25)32-26(23-15-7-2-8-16-23)30(35)36-27(24-17-9-3-10-18-24)29(34)31-21-22-13-5-1-6-14-22/h1-20,26-27H,21H2,(H,31,34)(H,32,33)/t26-,27+/m0/s1. The van der Waals surface area contributed by atoms with Gasteiger partial charge in [-0.2, -0.15) is 0 Å². The molecule has 6 nitrogen and oxygen atoms in total. The number of carbonyl (C=O) groups excluding carboxylic acids is 3. The van der Waals surface area contributed by atoms with Crippen LogP contribution in [0.1, 0.15) is 39.2 Å². The van der Waals surface area contributed by atoms with Gasteiger partial charge in [-0.1, -0.05) is 109 Å². The largest absolute Gasteiger partial charge is 0.445 e. The molecule has 0 aromatic heterocycles. The summed E-state index contributed by atoms with van der Waals surface area (Å²) in [4.78, 5) is 39.5. The Hall–Kier alpha value is -4.71. The molecule has 0 heterocycles. The van der Waals surface area contributed by atoms with Gasteiger partial charge in [-0.25, -0.2) is 4.79 Å². The zero-order valence-electron chi connectivity index (χ0n) is 19.5. The molecule has 180 valence electrons. The van der Waals surface area contributed by atoms with E-state index in [1.807, 2.05) is 42.5 Å². The molecule has 0 aliphatic carbocycles. The molecule has 36 heavy (non-hydrogen) atoms. The first-order chi connectivity index (χ1) is 17.6. The summed E-state index contributed by atoms with van der Waals surface area (Å²) < 4.78 is 5.77. The summed E-state index contributed by atoms with van der Waals surface area (Å²) in [6, 6.07) is 34.6. The molecule has 0 radical (unpaired) electrons. The van der Waals surface area contributed by atoms with Crippen LogP contribution in [0, 0.1) is 0 Å². The Labute approximate surface area is 209 Å². The van der Waals surface area contributed by atoms with E-state index in [-0.39, 0.29) is 6.54 Å². The van der Waals surface area contributed by atoms with Crippen LogP contribution in [0.25, 0.3) is 0 Å². The van der Waals surface area contributed by atoms with Crippen molar-refractivity contribution in [3.05, 3.63) is 144 Å². The van der Waals surface area contributed by atoms with E-state index in [1.54, 1.807) is 78.9 Å². The van der Waals surface area contributed by atoms with Gasteiger partial charge in [0.05, 0.1) is 0 Å². The molecule has 4 aromatic carbocycles. The third-order valence-corrected chi connectivity index (χ3v) is 5.56. The van der Waals surface area contributed by atoms with Gasteiger partial charge in [-0.05, 0) is 23.3 Å². The van der Waals surface area contributed by atoms with Crippen LogP contribution in [0.3, 0.4) is 0 Å². The number of hydrogen-bond acceptors (Lipinski definition) is 4. The maximum absolute atomic E-state index is 13.5. The second kappa shape index (κ2) is 12.1. The summed E-state index contributed by atoms with van der Waals surface area (Å²) in [6.07, 6.45) is -1.19. The van der Waals surface area contributed by atoms with Crippen LogP contribution in [0.15, 0.2) is 121 Å². The van der Waals surface area contributed by atoms with Crippen LogP contribution in [-0.4, -0.2) is 17.8 Å². The number of hydrogen-bond donors (Lipinski definition) is 2. The first-order valence-corrected chi connectivity index (χ1v) is 11.6. The molecule has 0 saturated carbocycles. The second-order valence-electron chi connectivity index (χ2n) is 8.11. The molecule has 2 amide bonds. The SMILES string of the molecule is O=C(N[C@H](C(=O)O[C@@H](C(=O)NCc1ccccc1)c1ccccc1)c1ccccc1)c1ccccc1. The Morgan fingerprint density at radius 1 is 0.639 bits per heavy atom. The molecule has 0 fully saturated rings. The highest BCUT2D eigenvalue weighted by molar-refractivity contribution is 5.97. The summed E-state index contributed by atoms with van der Waals surface area (Å²) in [5.41, 5.74) is 2.40. The predicted octanol–water partition coefficient (Wildman–Crippen LogP) is 4.76. The minimum Gasteiger partial charge on any atom is -0.445 e. The third-order valence-electron chi connectivity index (χ3n) is 5.56. The quantitative estimate of drug-likeness (QED) is 0.340. The zero-order chi connectivity index (χ0) is 25.2. The van der Waals surface area contributed by atoms with Crippen molar-refractivity contribution in [2.75, 3.05) is 0 Å².